The van der Waals surface area contributed by atoms with Gasteiger partial charge in [0, 0.05) is 29.3 Å². The summed E-state index contributed by atoms with van der Waals surface area (Å²) < 4.78 is 0. The van der Waals surface area contributed by atoms with E-state index < -0.39 is 0 Å². The molecule has 1 N–H and O–H groups in total. The molecule has 1 saturated carbocycles. The van der Waals surface area contributed by atoms with Crippen molar-refractivity contribution in [3.63, 3.8) is 0 Å². The minimum absolute atomic E-state index is 0.0254. The predicted molar refractivity (Wildman–Crippen MR) is 57.5 cm³/mol. The number of aromatic nitrogens is 1. The summed E-state index contributed by atoms with van der Waals surface area (Å²) in [6, 6.07) is 1.83. The van der Waals surface area contributed by atoms with Gasteiger partial charge in [0.1, 0.15) is 0 Å². The molecule has 3 rings (SSSR count). The van der Waals surface area contributed by atoms with Gasteiger partial charge in [0.2, 0.25) is 0 Å². The highest BCUT2D eigenvalue weighted by Gasteiger charge is 2.32. The smallest absolute Gasteiger partial charge is 0.252 e. The maximum absolute atomic E-state index is 11.6. The molecule has 1 aromatic heterocycles. The van der Waals surface area contributed by atoms with Crippen LogP contribution in [0.3, 0.4) is 0 Å². The molecule has 1 aromatic rings. The Morgan fingerprint density at radius 1 is 1.53 bits per heavy atom. The third-order valence-corrected chi connectivity index (χ3v) is 3.02. The van der Waals surface area contributed by atoms with Crippen molar-refractivity contribution in [1.82, 2.24) is 10.3 Å². The number of nitrogens with zero attached hydrogens (tertiary/aromatic N) is 1. The molecular weight excluding hydrogens is 188 g/mol. The maximum Gasteiger partial charge on any atom is 0.252 e. The van der Waals surface area contributed by atoms with E-state index in [9.17, 15) is 4.79 Å². The maximum atomic E-state index is 11.6. The van der Waals surface area contributed by atoms with Crippen molar-refractivity contribution in [3.8, 4) is 0 Å². The van der Waals surface area contributed by atoms with Gasteiger partial charge in [0.15, 0.2) is 0 Å². The minimum atomic E-state index is 0.0254. The fraction of sp³-hybridized carbons (Fsp3) is 0.333. The van der Waals surface area contributed by atoms with E-state index in [1.165, 1.54) is 12.8 Å². The van der Waals surface area contributed by atoms with E-state index in [2.05, 4.69) is 16.9 Å². The van der Waals surface area contributed by atoms with Gasteiger partial charge in [-0.05, 0) is 25.0 Å². The molecule has 0 unspecified atom stereocenters. The standard InChI is InChI=1S/C12H12N2O/c1-2-8-5-9-10(6-13-12(9)15)11(14-8)7-3-4-7/h2,5,7H,1,3-4,6H2,(H,13,15). The summed E-state index contributed by atoms with van der Waals surface area (Å²) in [7, 11) is 0. The normalized spacial score (nSPS) is 18.5. The highest BCUT2D eigenvalue weighted by atomic mass is 16.1. The summed E-state index contributed by atoms with van der Waals surface area (Å²) in [5.41, 5.74) is 3.82. The number of pyridine rings is 1. The van der Waals surface area contributed by atoms with Gasteiger partial charge in [-0.3, -0.25) is 9.78 Å². The molecule has 1 aliphatic heterocycles. The van der Waals surface area contributed by atoms with Crippen LogP contribution in [-0.4, -0.2) is 10.9 Å². The Kier molecular flexibility index (Phi) is 1.69. The number of amides is 1. The Morgan fingerprint density at radius 3 is 3.00 bits per heavy atom. The summed E-state index contributed by atoms with van der Waals surface area (Å²) in [5, 5.41) is 2.85. The van der Waals surface area contributed by atoms with Crippen LogP contribution in [0, 0.1) is 0 Å². The highest BCUT2D eigenvalue weighted by Crippen LogP contribution is 2.42. The number of hydrogen-bond acceptors (Lipinski definition) is 2. The van der Waals surface area contributed by atoms with Crippen molar-refractivity contribution in [3.05, 3.63) is 35.2 Å². The first-order chi connectivity index (χ1) is 7.29. The Bertz CT molecular complexity index is 461. The average Bonchev–Trinajstić information content (AvgIpc) is 3.03. The monoisotopic (exact) mass is 200 g/mol. The van der Waals surface area contributed by atoms with E-state index in [1.54, 1.807) is 6.08 Å². The van der Waals surface area contributed by atoms with E-state index in [-0.39, 0.29) is 5.91 Å². The Labute approximate surface area is 88.2 Å². The zero-order valence-electron chi connectivity index (χ0n) is 8.42. The molecule has 1 amide bonds. The van der Waals surface area contributed by atoms with Crippen LogP contribution in [0.1, 0.15) is 46.1 Å². The fourth-order valence-electron chi connectivity index (χ4n) is 2.06. The predicted octanol–water partition coefficient (Wildman–Crippen LogP) is 1.85. The molecule has 76 valence electrons. The molecule has 2 heterocycles. The second-order valence-corrected chi connectivity index (χ2v) is 4.12. The van der Waals surface area contributed by atoms with E-state index >= 15 is 0 Å². The zero-order chi connectivity index (χ0) is 10.4. The van der Waals surface area contributed by atoms with Gasteiger partial charge in [-0.2, -0.15) is 0 Å². The van der Waals surface area contributed by atoms with E-state index in [1.807, 2.05) is 6.07 Å². The molecule has 0 bridgehead atoms. The zero-order valence-corrected chi connectivity index (χ0v) is 8.42. The van der Waals surface area contributed by atoms with Crippen molar-refractivity contribution >= 4 is 12.0 Å². The molecule has 3 nitrogen and oxygen atoms in total. The van der Waals surface area contributed by atoms with Crippen LogP contribution in [0.2, 0.25) is 0 Å². The van der Waals surface area contributed by atoms with Crippen LogP contribution in [0.4, 0.5) is 0 Å². The summed E-state index contributed by atoms with van der Waals surface area (Å²) in [4.78, 5) is 16.1. The lowest BCUT2D eigenvalue weighted by Crippen LogP contribution is -2.12. The number of rotatable bonds is 2. The van der Waals surface area contributed by atoms with E-state index in [4.69, 9.17) is 0 Å². The first kappa shape index (κ1) is 8.65. The highest BCUT2D eigenvalue weighted by molar-refractivity contribution is 5.99. The van der Waals surface area contributed by atoms with Crippen LogP contribution in [-0.2, 0) is 6.54 Å². The van der Waals surface area contributed by atoms with E-state index in [0.717, 1.165) is 22.5 Å². The molecule has 2 aliphatic rings. The third kappa shape index (κ3) is 1.27. The van der Waals surface area contributed by atoms with Gasteiger partial charge < -0.3 is 5.32 Å². The molecule has 0 atom stereocenters. The lowest BCUT2D eigenvalue weighted by atomic mass is 10.0. The second kappa shape index (κ2) is 2.92. The van der Waals surface area contributed by atoms with Gasteiger partial charge in [0.05, 0.1) is 5.69 Å². The van der Waals surface area contributed by atoms with Crippen LogP contribution < -0.4 is 5.32 Å². The van der Waals surface area contributed by atoms with Crippen LogP contribution in [0.5, 0.6) is 0 Å². The molecule has 3 heteroatoms. The van der Waals surface area contributed by atoms with Crippen molar-refractivity contribution in [1.29, 1.82) is 0 Å². The Hall–Kier alpha value is -1.64. The number of carbonyl (C=O) groups is 1. The van der Waals surface area contributed by atoms with Crippen molar-refractivity contribution in [2.45, 2.75) is 25.3 Å². The fourth-order valence-corrected chi connectivity index (χ4v) is 2.06. The average molecular weight is 200 g/mol. The Balaban J connectivity index is 2.21. The second-order valence-electron chi connectivity index (χ2n) is 4.12. The summed E-state index contributed by atoms with van der Waals surface area (Å²) in [5.74, 6) is 0.601. The Morgan fingerprint density at radius 2 is 2.33 bits per heavy atom. The minimum Gasteiger partial charge on any atom is -0.348 e. The van der Waals surface area contributed by atoms with Gasteiger partial charge in [-0.1, -0.05) is 6.58 Å². The number of nitrogens with one attached hydrogen (secondary N) is 1. The lowest BCUT2D eigenvalue weighted by molar-refractivity contribution is 0.0965. The SMILES string of the molecule is C=Cc1cc2c(c(C3CC3)n1)CNC2=O. The molecule has 1 fully saturated rings. The van der Waals surface area contributed by atoms with Crippen LogP contribution >= 0.6 is 0 Å². The molecule has 15 heavy (non-hydrogen) atoms. The van der Waals surface area contributed by atoms with Gasteiger partial charge in [-0.25, -0.2) is 0 Å². The van der Waals surface area contributed by atoms with Crippen LogP contribution in [0.15, 0.2) is 12.6 Å². The van der Waals surface area contributed by atoms with Gasteiger partial charge >= 0.3 is 0 Å². The first-order valence-electron chi connectivity index (χ1n) is 5.24. The number of hydrogen-bond donors (Lipinski definition) is 1. The first-order valence-corrected chi connectivity index (χ1v) is 5.24. The van der Waals surface area contributed by atoms with Gasteiger partial charge in [0.25, 0.3) is 5.91 Å². The molecule has 1 aliphatic carbocycles. The quantitative estimate of drug-likeness (QED) is 0.791. The summed E-state index contributed by atoms with van der Waals surface area (Å²) in [6.07, 6.45) is 4.11. The van der Waals surface area contributed by atoms with Crippen molar-refractivity contribution in [2.24, 2.45) is 0 Å². The lowest BCUT2D eigenvalue weighted by Gasteiger charge is -2.05. The van der Waals surface area contributed by atoms with Crippen LogP contribution in [0.25, 0.3) is 6.08 Å². The molecule has 0 aromatic carbocycles. The molecular formula is C12H12N2O. The molecule has 0 radical (unpaired) electrons. The number of fused-ring (bicyclic) bond motifs is 1. The third-order valence-electron chi connectivity index (χ3n) is 3.02. The summed E-state index contributed by atoms with van der Waals surface area (Å²) in [6.45, 7) is 4.35. The molecule has 0 saturated heterocycles. The van der Waals surface area contributed by atoms with Crippen molar-refractivity contribution < 1.29 is 4.79 Å². The van der Waals surface area contributed by atoms with E-state index in [0.29, 0.717) is 12.5 Å². The summed E-state index contributed by atoms with van der Waals surface area (Å²) >= 11 is 0. The largest absolute Gasteiger partial charge is 0.348 e. The molecule has 0 spiro atoms. The van der Waals surface area contributed by atoms with Crippen molar-refractivity contribution in [2.75, 3.05) is 0 Å². The topological polar surface area (TPSA) is 42.0 Å². The van der Waals surface area contributed by atoms with Gasteiger partial charge in [-0.15, -0.1) is 0 Å². The number of carbonyl (C=O) groups excluding carboxylic acids is 1.